The van der Waals surface area contributed by atoms with Gasteiger partial charge in [0.1, 0.15) is 0 Å². The van der Waals surface area contributed by atoms with Gasteiger partial charge in [-0.15, -0.1) is 0 Å². The van der Waals surface area contributed by atoms with Crippen molar-refractivity contribution < 1.29 is 9.59 Å². The molecular weight excluding hydrogens is 398 g/mol. The van der Waals surface area contributed by atoms with Gasteiger partial charge in [-0.3, -0.25) is 9.59 Å². The van der Waals surface area contributed by atoms with Crippen molar-refractivity contribution in [2.45, 2.75) is 38.5 Å². The van der Waals surface area contributed by atoms with Gasteiger partial charge in [-0.1, -0.05) is 48.0 Å². The summed E-state index contributed by atoms with van der Waals surface area (Å²) in [4.78, 5) is 29.7. The summed E-state index contributed by atoms with van der Waals surface area (Å²) in [6.07, 6.45) is 3.93. The molecule has 0 saturated carbocycles. The number of nitrogens with zero attached hydrogens (tertiary/aromatic N) is 2. The molecule has 2 aliphatic rings. The van der Waals surface area contributed by atoms with Gasteiger partial charge in [0.2, 0.25) is 5.91 Å². The molecule has 0 spiro atoms. The van der Waals surface area contributed by atoms with Crippen LogP contribution in [0.15, 0.2) is 54.6 Å². The largest absolute Gasteiger partial charge is 0.355 e. The second-order valence-corrected chi connectivity index (χ2v) is 9.27. The van der Waals surface area contributed by atoms with Crippen molar-refractivity contribution in [3.8, 4) is 0 Å². The summed E-state index contributed by atoms with van der Waals surface area (Å²) in [5.41, 5.74) is 3.30. The zero-order valence-electron chi connectivity index (χ0n) is 19.1. The van der Waals surface area contributed by atoms with E-state index >= 15 is 0 Å². The average molecular weight is 434 g/mol. The van der Waals surface area contributed by atoms with E-state index in [9.17, 15) is 9.59 Å². The maximum atomic E-state index is 12.7. The summed E-state index contributed by atoms with van der Waals surface area (Å²) in [5, 5.41) is 3.15. The van der Waals surface area contributed by atoms with E-state index in [1.54, 1.807) is 0 Å². The fourth-order valence-corrected chi connectivity index (χ4v) is 4.96. The monoisotopic (exact) mass is 433 g/mol. The number of carbonyl (C=O) groups excluding carboxylic acids is 2. The summed E-state index contributed by atoms with van der Waals surface area (Å²) < 4.78 is 0. The lowest BCUT2D eigenvalue weighted by molar-refractivity contribution is -0.126. The molecule has 0 aromatic heterocycles. The molecule has 5 heteroatoms. The highest BCUT2D eigenvalue weighted by atomic mass is 16.2. The third-order valence-electron chi connectivity index (χ3n) is 6.96. The van der Waals surface area contributed by atoms with Crippen LogP contribution < -0.4 is 5.32 Å². The number of nitrogens with one attached hydrogen (secondary N) is 1. The molecule has 2 aromatic carbocycles. The third-order valence-corrected chi connectivity index (χ3v) is 6.96. The molecule has 2 heterocycles. The van der Waals surface area contributed by atoms with Gasteiger partial charge in [-0.25, -0.2) is 0 Å². The first-order chi connectivity index (χ1) is 15.6. The lowest BCUT2D eigenvalue weighted by Gasteiger charge is -2.33. The van der Waals surface area contributed by atoms with Crippen LogP contribution >= 0.6 is 0 Å². The lowest BCUT2D eigenvalue weighted by atomic mass is 9.91. The Hall–Kier alpha value is -2.66. The van der Waals surface area contributed by atoms with Crippen molar-refractivity contribution >= 4 is 11.8 Å². The molecule has 0 aliphatic carbocycles. The fourth-order valence-electron chi connectivity index (χ4n) is 4.96. The maximum Gasteiger partial charge on any atom is 0.253 e. The van der Waals surface area contributed by atoms with E-state index in [4.69, 9.17) is 0 Å². The molecule has 5 nitrogen and oxygen atoms in total. The molecule has 1 atom stereocenters. The molecule has 0 bridgehead atoms. The van der Waals surface area contributed by atoms with E-state index in [1.165, 1.54) is 18.4 Å². The van der Waals surface area contributed by atoms with Crippen LogP contribution in [-0.4, -0.2) is 60.9 Å². The number of hydrogen-bond acceptors (Lipinski definition) is 3. The smallest absolute Gasteiger partial charge is 0.253 e. The second kappa shape index (κ2) is 10.8. The van der Waals surface area contributed by atoms with Gasteiger partial charge in [-0.2, -0.15) is 0 Å². The van der Waals surface area contributed by atoms with Crippen LogP contribution in [0.4, 0.5) is 0 Å². The quantitative estimate of drug-likeness (QED) is 0.753. The Morgan fingerprint density at radius 2 is 1.66 bits per heavy atom. The van der Waals surface area contributed by atoms with E-state index in [1.807, 2.05) is 36.1 Å². The molecule has 170 valence electrons. The Morgan fingerprint density at radius 3 is 2.38 bits per heavy atom. The van der Waals surface area contributed by atoms with Gasteiger partial charge in [-0.05, 0) is 62.8 Å². The Bertz CT molecular complexity index is 889. The van der Waals surface area contributed by atoms with E-state index in [0.29, 0.717) is 25.6 Å². The van der Waals surface area contributed by atoms with E-state index in [-0.39, 0.29) is 17.7 Å². The molecule has 0 radical (unpaired) electrons. The molecular formula is C27H35N3O2. The van der Waals surface area contributed by atoms with Crippen molar-refractivity contribution in [2.24, 2.45) is 5.92 Å². The van der Waals surface area contributed by atoms with Gasteiger partial charge in [0.05, 0.1) is 0 Å². The van der Waals surface area contributed by atoms with Gasteiger partial charge in [0.15, 0.2) is 0 Å². The van der Waals surface area contributed by atoms with Crippen molar-refractivity contribution in [2.75, 3.05) is 39.3 Å². The zero-order valence-corrected chi connectivity index (χ0v) is 19.1. The number of likely N-dealkylation sites (tertiary alicyclic amines) is 2. The Morgan fingerprint density at radius 1 is 0.938 bits per heavy atom. The van der Waals surface area contributed by atoms with Crippen LogP contribution in [0.3, 0.4) is 0 Å². The van der Waals surface area contributed by atoms with Gasteiger partial charge in [0, 0.05) is 44.2 Å². The molecule has 4 rings (SSSR count). The van der Waals surface area contributed by atoms with Crippen LogP contribution in [0.25, 0.3) is 0 Å². The first-order valence-corrected chi connectivity index (χ1v) is 12.0. The minimum atomic E-state index is 0.00971. The predicted octanol–water partition coefficient (Wildman–Crippen LogP) is 3.84. The Labute approximate surface area is 191 Å². The molecule has 2 saturated heterocycles. The molecule has 32 heavy (non-hydrogen) atoms. The molecule has 2 aliphatic heterocycles. The molecule has 1 unspecified atom stereocenters. The van der Waals surface area contributed by atoms with E-state index < -0.39 is 0 Å². The summed E-state index contributed by atoms with van der Waals surface area (Å²) >= 11 is 0. The highest BCUT2D eigenvalue weighted by Gasteiger charge is 2.28. The SMILES string of the molecule is Cc1ccc(C(=O)N2CCC(C(=O)NCCN3CCCC(c4ccccc4)C3)CC2)cc1. The fraction of sp³-hybridized carbons (Fsp3) is 0.481. The highest BCUT2D eigenvalue weighted by molar-refractivity contribution is 5.94. The van der Waals surface area contributed by atoms with Crippen molar-refractivity contribution in [3.05, 3.63) is 71.3 Å². The van der Waals surface area contributed by atoms with Gasteiger partial charge in [0.25, 0.3) is 5.91 Å². The lowest BCUT2D eigenvalue weighted by Crippen LogP contribution is -2.45. The summed E-state index contributed by atoms with van der Waals surface area (Å²) in [6.45, 7) is 7.09. The van der Waals surface area contributed by atoms with Gasteiger partial charge < -0.3 is 15.1 Å². The van der Waals surface area contributed by atoms with Gasteiger partial charge >= 0.3 is 0 Å². The highest BCUT2D eigenvalue weighted by Crippen LogP contribution is 2.26. The first-order valence-electron chi connectivity index (χ1n) is 12.0. The summed E-state index contributed by atoms with van der Waals surface area (Å²) in [6, 6.07) is 18.5. The van der Waals surface area contributed by atoms with Crippen LogP contribution in [-0.2, 0) is 4.79 Å². The molecule has 1 N–H and O–H groups in total. The number of aryl methyl sites for hydroxylation is 1. The summed E-state index contributed by atoms with van der Waals surface area (Å²) in [7, 11) is 0. The third kappa shape index (κ3) is 5.77. The second-order valence-electron chi connectivity index (χ2n) is 9.27. The Balaban J connectivity index is 1.18. The number of benzene rings is 2. The molecule has 2 fully saturated rings. The normalized spacial score (nSPS) is 20.2. The first kappa shape index (κ1) is 22.5. The summed E-state index contributed by atoms with van der Waals surface area (Å²) in [5.74, 6) is 0.817. The average Bonchev–Trinajstić information content (AvgIpc) is 2.85. The topological polar surface area (TPSA) is 52.7 Å². The van der Waals surface area contributed by atoms with Crippen LogP contribution in [0.1, 0.15) is 53.1 Å². The number of rotatable bonds is 6. The van der Waals surface area contributed by atoms with Crippen LogP contribution in [0.5, 0.6) is 0 Å². The number of hydrogen-bond donors (Lipinski definition) is 1. The minimum Gasteiger partial charge on any atom is -0.355 e. The minimum absolute atomic E-state index is 0.00971. The number of carbonyl (C=O) groups is 2. The maximum absolute atomic E-state index is 12.7. The standard InChI is InChI=1S/C27H35N3O2/c1-21-9-11-24(12-10-21)27(32)30-17-13-23(14-18-30)26(31)28-15-19-29-16-5-8-25(20-29)22-6-3-2-4-7-22/h2-4,6-7,9-12,23,25H,5,8,13-20H2,1H3,(H,28,31). The van der Waals surface area contributed by atoms with Crippen LogP contribution in [0, 0.1) is 12.8 Å². The molecule has 2 aromatic rings. The Kier molecular flexibility index (Phi) is 7.59. The van der Waals surface area contributed by atoms with E-state index in [2.05, 4.69) is 40.5 Å². The molecule has 2 amide bonds. The zero-order chi connectivity index (χ0) is 22.3. The number of piperidine rings is 2. The van der Waals surface area contributed by atoms with Crippen molar-refractivity contribution in [1.82, 2.24) is 15.1 Å². The van der Waals surface area contributed by atoms with Crippen molar-refractivity contribution in [3.63, 3.8) is 0 Å². The number of amides is 2. The predicted molar refractivity (Wildman–Crippen MR) is 128 cm³/mol. The van der Waals surface area contributed by atoms with Crippen molar-refractivity contribution in [1.29, 1.82) is 0 Å². The van der Waals surface area contributed by atoms with Crippen LogP contribution in [0.2, 0.25) is 0 Å². The van der Waals surface area contributed by atoms with E-state index in [0.717, 1.165) is 43.6 Å².